The molecule has 2 nitrogen and oxygen atoms in total. The molecular weight excluding hydrogens is 229 g/mol. The normalized spacial score (nSPS) is 11.5. The van der Waals surface area contributed by atoms with E-state index in [1.165, 1.54) is 12.1 Å². The van der Waals surface area contributed by atoms with E-state index in [4.69, 9.17) is 0 Å². The summed E-state index contributed by atoms with van der Waals surface area (Å²) >= 11 is 0. The van der Waals surface area contributed by atoms with Gasteiger partial charge in [0.1, 0.15) is 0 Å². The molecule has 1 heterocycles. The van der Waals surface area contributed by atoms with E-state index in [2.05, 4.69) is 10.3 Å². The number of aromatic amines is 1. The van der Waals surface area contributed by atoms with Gasteiger partial charge < -0.3 is 10.3 Å². The molecule has 2 rings (SSSR count). The van der Waals surface area contributed by atoms with E-state index in [9.17, 15) is 13.2 Å². The van der Waals surface area contributed by atoms with Crippen molar-refractivity contribution in [3.05, 3.63) is 53.9 Å². The van der Waals surface area contributed by atoms with E-state index in [1.54, 1.807) is 24.5 Å². The Kier molecular flexibility index (Phi) is 3.08. The van der Waals surface area contributed by atoms with Gasteiger partial charge in [0.25, 0.3) is 0 Å². The van der Waals surface area contributed by atoms with Crippen LogP contribution in [0.25, 0.3) is 0 Å². The Bertz CT molecular complexity index is 475. The zero-order valence-corrected chi connectivity index (χ0v) is 8.88. The van der Waals surface area contributed by atoms with Crippen LogP contribution in [0, 0.1) is 0 Å². The number of rotatable bonds is 3. The Balaban J connectivity index is 2.16. The molecule has 5 heteroatoms. The van der Waals surface area contributed by atoms with Gasteiger partial charge in [-0.3, -0.25) is 0 Å². The lowest BCUT2D eigenvalue weighted by Crippen LogP contribution is -2.11. The summed E-state index contributed by atoms with van der Waals surface area (Å²) in [7, 11) is 0. The van der Waals surface area contributed by atoms with Gasteiger partial charge in [0.15, 0.2) is 0 Å². The first-order valence-electron chi connectivity index (χ1n) is 5.09. The molecule has 90 valence electrons. The largest absolute Gasteiger partial charge is 0.416 e. The molecule has 0 unspecified atom stereocenters. The maximum Gasteiger partial charge on any atom is 0.416 e. The zero-order chi connectivity index (χ0) is 12.3. The summed E-state index contributed by atoms with van der Waals surface area (Å²) in [6.07, 6.45) is -0.912. The molecule has 0 aliphatic heterocycles. The van der Waals surface area contributed by atoms with Crippen molar-refractivity contribution in [1.29, 1.82) is 0 Å². The van der Waals surface area contributed by atoms with Gasteiger partial charge >= 0.3 is 6.18 Å². The van der Waals surface area contributed by atoms with E-state index >= 15 is 0 Å². The number of anilines is 1. The maximum atomic E-state index is 12.7. The average Bonchev–Trinajstić information content (AvgIpc) is 2.78. The van der Waals surface area contributed by atoms with Crippen LogP contribution in [0.2, 0.25) is 0 Å². The first kappa shape index (κ1) is 11.6. The lowest BCUT2D eigenvalue weighted by atomic mass is 10.1. The monoisotopic (exact) mass is 240 g/mol. The third-order valence-electron chi connectivity index (χ3n) is 2.40. The van der Waals surface area contributed by atoms with Gasteiger partial charge in [-0.05, 0) is 17.7 Å². The molecule has 17 heavy (non-hydrogen) atoms. The molecule has 0 aliphatic rings. The molecule has 0 saturated carbocycles. The van der Waals surface area contributed by atoms with Crippen LogP contribution in [-0.4, -0.2) is 4.98 Å². The Labute approximate surface area is 96.5 Å². The van der Waals surface area contributed by atoms with Crippen LogP contribution < -0.4 is 5.32 Å². The number of H-pyrrole nitrogens is 1. The molecule has 1 aromatic heterocycles. The quantitative estimate of drug-likeness (QED) is 0.842. The van der Waals surface area contributed by atoms with Gasteiger partial charge in [-0.1, -0.05) is 18.2 Å². The summed E-state index contributed by atoms with van der Waals surface area (Å²) in [5.74, 6) is 0. The number of hydrogen-bond acceptors (Lipinski definition) is 1. The van der Waals surface area contributed by atoms with Crippen LogP contribution in [-0.2, 0) is 12.7 Å². The lowest BCUT2D eigenvalue weighted by Gasteiger charge is -2.13. The van der Waals surface area contributed by atoms with E-state index in [1.807, 2.05) is 0 Å². The molecule has 0 radical (unpaired) electrons. The van der Waals surface area contributed by atoms with Crippen molar-refractivity contribution >= 4 is 5.69 Å². The van der Waals surface area contributed by atoms with E-state index < -0.39 is 11.7 Å². The van der Waals surface area contributed by atoms with E-state index in [-0.39, 0.29) is 12.1 Å². The molecule has 0 amide bonds. The van der Waals surface area contributed by atoms with Crippen molar-refractivity contribution in [3.63, 3.8) is 0 Å². The Morgan fingerprint density at radius 2 is 1.88 bits per heavy atom. The predicted molar refractivity (Wildman–Crippen MR) is 59.6 cm³/mol. The molecule has 2 aromatic rings. The van der Waals surface area contributed by atoms with Gasteiger partial charge in [-0.2, -0.15) is 13.2 Å². The molecule has 0 saturated heterocycles. The summed E-state index contributed by atoms with van der Waals surface area (Å²) in [4.78, 5) is 2.83. The second-order valence-electron chi connectivity index (χ2n) is 3.61. The second kappa shape index (κ2) is 4.53. The number of nitrogens with one attached hydrogen (secondary N) is 2. The van der Waals surface area contributed by atoms with Crippen molar-refractivity contribution in [2.75, 3.05) is 5.32 Å². The van der Waals surface area contributed by atoms with Crippen molar-refractivity contribution in [2.45, 2.75) is 12.7 Å². The summed E-state index contributed by atoms with van der Waals surface area (Å²) < 4.78 is 38.0. The SMILES string of the molecule is FC(F)(F)c1ccccc1CNc1cc[nH]c1. The summed E-state index contributed by atoms with van der Waals surface area (Å²) in [6, 6.07) is 7.32. The molecule has 0 bridgehead atoms. The third-order valence-corrected chi connectivity index (χ3v) is 2.40. The van der Waals surface area contributed by atoms with Crippen LogP contribution in [0.4, 0.5) is 18.9 Å². The van der Waals surface area contributed by atoms with E-state index in [0.717, 1.165) is 11.8 Å². The molecule has 0 aliphatic carbocycles. The van der Waals surface area contributed by atoms with Gasteiger partial charge in [0.2, 0.25) is 0 Å². The zero-order valence-electron chi connectivity index (χ0n) is 8.88. The topological polar surface area (TPSA) is 27.8 Å². The van der Waals surface area contributed by atoms with Crippen LogP contribution in [0.3, 0.4) is 0 Å². The fourth-order valence-corrected chi connectivity index (χ4v) is 1.58. The number of alkyl halides is 3. The summed E-state index contributed by atoms with van der Waals surface area (Å²) in [5.41, 5.74) is 0.409. The Morgan fingerprint density at radius 1 is 1.12 bits per heavy atom. The molecular formula is C12H11F3N2. The Morgan fingerprint density at radius 3 is 2.53 bits per heavy atom. The Hall–Kier alpha value is -1.91. The van der Waals surface area contributed by atoms with Crippen LogP contribution in [0.1, 0.15) is 11.1 Å². The van der Waals surface area contributed by atoms with Crippen molar-refractivity contribution < 1.29 is 13.2 Å². The summed E-state index contributed by atoms with van der Waals surface area (Å²) in [6.45, 7) is 0.146. The third kappa shape index (κ3) is 2.81. The number of halogens is 3. The van der Waals surface area contributed by atoms with Crippen LogP contribution >= 0.6 is 0 Å². The average molecular weight is 240 g/mol. The van der Waals surface area contributed by atoms with Crippen molar-refractivity contribution in [1.82, 2.24) is 4.98 Å². The molecule has 0 atom stereocenters. The van der Waals surface area contributed by atoms with Crippen LogP contribution in [0.5, 0.6) is 0 Å². The minimum atomic E-state index is -4.31. The molecule has 1 aromatic carbocycles. The maximum absolute atomic E-state index is 12.7. The van der Waals surface area contributed by atoms with Crippen LogP contribution in [0.15, 0.2) is 42.7 Å². The fourth-order valence-electron chi connectivity index (χ4n) is 1.58. The van der Waals surface area contributed by atoms with Crippen molar-refractivity contribution in [2.24, 2.45) is 0 Å². The highest BCUT2D eigenvalue weighted by Crippen LogP contribution is 2.32. The van der Waals surface area contributed by atoms with E-state index in [0.29, 0.717) is 0 Å². The van der Waals surface area contributed by atoms with Gasteiger partial charge in [-0.15, -0.1) is 0 Å². The fraction of sp³-hybridized carbons (Fsp3) is 0.167. The molecule has 2 N–H and O–H groups in total. The number of benzene rings is 1. The van der Waals surface area contributed by atoms with Gasteiger partial charge in [0.05, 0.1) is 11.3 Å². The van der Waals surface area contributed by atoms with Gasteiger partial charge in [-0.25, -0.2) is 0 Å². The van der Waals surface area contributed by atoms with Crippen molar-refractivity contribution in [3.8, 4) is 0 Å². The minimum Gasteiger partial charge on any atom is -0.380 e. The molecule has 0 fully saturated rings. The number of hydrogen-bond donors (Lipinski definition) is 2. The smallest absolute Gasteiger partial charge is 0.380 e. The highest BCUT2D eigenvalue weighted by molar-refractivity contribution is 5.42. The second-order valence-corrected chi connectivity index (χ2v) is 3.61. The molecule has 0 spiro atoms. The standard InChI is InChI=1S/C12H11F3N2/c13-12(14,15)11-4-2-1-3-9(11)7-17-10-5-6-16-8-10/h1-6,8,16-17H,7H2. The first-order chi connectivity index (χ1) is 8.07. The minimum absolute atomic E-state index is 0.146. The first-order valence-corrected chi connectivity index (χ1v) is 5.09. The lowest BCUT2D eigenvalue weighted by molar-refractivity contribution is -0.138. The highest BCUT2D eigenvalue weighted by atomic mass is 19.4. The van der Waals surface area contributed by atoms with Gasteiger partial charge in [0, 0.05) is 18.9 Å². The highest BCUT2D eigenvalue weighted by Gasteiger charge is 2.32. The predicted octanol–water partition coefficient (Wildman–Crippen LogP) is 3.65. The summed E-state index contributed by atoms with van der Waals surface area (Å²) in [5, 5.41) is 2.92. The number of aromatic nitrogens is 1.